The number of rotatable bonds is 8. The molecule has 0 heterocycles. The number of aliphatic hydroxyl groups is 1. The number of aliphatic hydroxyl groups excluding tert-OH is 1. The van der Waals surface area contributed by atoms with Gasteiger partial charge in [0, 0.05) is 12.6 Å². The zero-order chi connectivity index (χ0) is 13.7. The van der Waals surface area contributed by atoms with E-state index in [1.165, 1.54) is 25.3 Å². The quantitative estimate of drug-likeness (QED) is 0.759. The maximum atomic E-state index is 13.3. The highest BCUT2D eigenvalue weighted by Gasteiger charge is 2.35. The lowest BCUT2D eigenvalue weighted by Gasteiger charge is -2.13. The van der Waals surface area contributed by atoms with Crippen molar-refractivity contribution < 1.29 is 14.2 Å². The molecule has 1 aliphatic carbocycles. The van der Waals surface area contributed by atoms with Crippen molar-refractivity contribution in [2.45, 2.75) is 38.3 Å². The van der Waals surface area contributed by atoms with Gasteiger partial charge in [-0.15, -0.1) is 0 Å². The van der Waals surface area contributed by atoms with Gasteiger partial charge in [0.1, 0.15) is 12.7 Å². The lowest BCUT2D eigenvalue weighted by atomic mass is 10.2. The third kappa shape index (κ3) is 4.48. The molecule has 1 fully saturated rings. The molecule has 19 heavy (non-hydrogen) atoms. The highest BCUT2D eigenvalue weighted by Crippen LogP contribution is 2.34. The van der Waals surface area contributed by atoms with Crippen LogP contribution in [0.5, 0.6) is 5.75 Å². The molecular formula is C15H22FNO2. The van der Waals surface area contributed by atoms with Crippen molar-refractivity contribution in [1.82, 2.24) is 5.32 Å². The lowest BCUT2D eigenvalue weighted by Crippen LogP contribution is -2.33. The van der Waals surface area contributed by atoms with Crippen LogP contribution in [0.15, 0.2) is 24.3 Å². The summed E-state index contributed by atoms with van der Waals surface area (Å²) < 4.78 is 18.5. The molecule has 0 spiro atoms. The van der Waals surface area contributed by atoms with E-state index in [9.17, 15) is 9.50 Å². The van der Waals surface area contributed by atoms with E-state index in [0.29, 0.717) is 12.6 Å². The molecule has 106 valence electrons. The molecule has 2 rings (SSSR count). The van der Waals surface area contributed by atoms with Gasteiger partial charge in [0.2, 0.25) is 0 Å². The van der Waals surface area contributed by atoms with Crippen molar-refractivity contribution in [3.63, 3.8) is 0 Å². The van der Waals surface area contributed by atoms with Gasteiger partial charge in [-0.25, -0.2) is 4.39 Å². The molecular weight excluding hydrogens is 245 g/mol. The summed E-state index contributed by atoms with van der Waals surface area (Å²) in [5.41, 5.74) is 0. The van der Waals surface area contributed by atoms with Crippen LogP contribution in [0.2, 0.25) is 0 Å². The molecule has 4 heteroatoms. The van der Waals surface area contributed by atoms with Crippen LogP contribution in [0, 0.1) is 11.7 Å². The Balaban J connectivity index is 1.63. The second-order valence-electron chi connectivity index (χ2n) is 5.19. The van der Waals surface area contributed by atoms with Crippen LogP contribution in [0.3, 0.4) is 0 Å². The number of halogens is 1. The van der Waals surface area contributed by atoms with Crippen LogP contribution in [0.4, 0.5) is 4.39 Å². The molecule has 1 saturated carbocycles. The minimum atomic E-state index is -0.609. The second-order valence-corrected chi connectivity index (χ2v) is 5.19. The smallest absolute Gasteiger partial charge is 0.165 e. The third-order valence-corrected chi connectivity index (χ3v) is 3.47. The Labute approximate surface area is 113 Å². The fraction of sp³-hybridized carbons (Fsp3) is 0.600. The first-order valence-electron chi connectivity index (χ1n) is 6.99. The van der Waals surface area contributed by atoms with Gasteiger partial charge in [0.15, 0.2) is 11.6 Å². The lowest BCUT2D eigenvalue weighted by molar-refractivity contribution is 0.103. The Hall–Kier alpha value is -1.13. The van der Waals surface area contributed by atoms with Crippen LogP contribution in [-0.2, 0) is 0 Å². The van der Waals surface area contributed by atoms with E-state index in [2.05, 4.69) is 12.2 Å². The van der Waals surface area contributed by atoms with Crippen LogP contribution >= 0.6 is 0 Å². The standard InChI is InChI=1S/C15H22FNO2/c1-2-5-11-8-14(11)17-9-12(18)10-19-15-7-4-3-6-13(15)16/h3-4,6-7,11-12,14,17-18H,2,5,8-10H2,1H3. The molecule has 2 N–H and O–H groups in total. The average Bonchev–Trinajstić information content (AvgIpc) is 3.14. The number of para-hydroxylation sites is 1. The fourth-order valence-electron chi connectivity index (χ4n) is 2.28. The molecule has 1 aliphatic rings. The summed E-state index contributed by atoms with van der Waals surface area (Å²) >= 11 is 0. The highest BCUT2D eigenvalue weighted by atomic mass is 19.1. The molecule has 0 aromatic heterocycles. The monoisotopic (exact) mass is 267 g/mol. The number of ether oxygens (including phenoxy) is 1. The van der Waals surface area contributed by atoms with Gasteiger partial charge < -0.3 is 15.2 Å². The van der Waals surface area contributed by atoms with Gasteiger partial charge in [0.25, 0.3) is 0 Å². The summed E-state index contributed by atoms with van der Waals surface area (Å²) in [6, 6.07) is 6.78. The first-order valence-corrected chi connectivity index (χ1v) is 6.99. The molecule has 0 aliphatic heterocycles. The van der Waals surface area contributed by atoms with Gasteiger partial charge in [-0.1, -0.05) is 25.5 Å². The summed E-state index contributed by atoms with van der Waals surface area (Å²) in [5.74, 6) is 0.564. The minimum Gasteiger partial charge on any atom is -0.488 e. The van der Waals surface area contributed by atoms with E-state index < -0.39 is 11.9 Å². The van der Waals surface area contributed by atoms with E-state index in [-0.39, 0.29) is 12.4 Å². The van der Waals surface area contributed by atoms with Gasteiger partial charge in [-0.05, 0) is 30.9 Å². The number of hydrogen-bond donors (Lipinski definition) is 2. The normalized spacial score (nSPS) is 23.1. The first kappa shape index (κ1) is 14.3. The number of nitrogens with one attached hydrogen (secondary N) is 1. The SMILES string of the molecule is CCCC1CC1NCC(O)COc1ccccc1F. The van der Waals surface area contributed by atoms with Crippen molar-refractivity contribution in [2.24, 2.45) is 5.92 Å². The molecule has 1 aromatic carbocycles. The Kier molecular flexibility index (Phi) is 5.16. The Bertz CT molecular complexity index is 399. The molecule has 0 amide bonds. The van der Waals surface area contributed by atoms with E-state index >= 15 is 0 Å². The zero-order valence-corrected chi connectivity index (χ0v) is 11.3. The molecule has 0 saturated heterocycles. The second kappa shape index (κ2) is 6.87. The molecule has 0 radical (unpaired) electrons. The fourth-order valence-corrected chi connectivity index (χ4v) is 2.28. The summed E-state index contributed by atoms with van der Waals surface area (Å²) in [5, 5.41) is 13.1. The molecule has 3 unspecified atom stereocenters. The average molecular weight is 267 g/mol. The van der Waals surface area contributed by atoms with Crippen LogP contribution in [0.1, 0.15) is 26.2 Å². The van der Waals surface area contributed by atoms with Crippen molar-refractivity contribution in [1.29, 1.82) is 0 Å². The first-order chi connectivity index (χ1) is 9.20. The predicted octanol–water partition coefficient (Wildman–Crippen LogP) is 2.34. The van der Waals surface area contributed by atoms with Crippen molar-refractivity contribution >= 4 is 0 Å². The maximum Gasteiger partial charge on any atom is 0.165 e. The Morgan fingerprint density at radius 1 is 1.47 bits per heavy atom. The number of benzene rings is 1. The van der Waals surface area contributed by atoms with E-state index in [4.69, 9.17) is 4.74 Å². The minimum absolute atomic E-state index is 0.110. The highest BCUT2D eigenvalue weighted by molar-refractivity contribution is 5.23. The van der Waals surface area contributed by atoms with Gasteiger partial charge in [-0.3, -0.25) is 0 Å². The van der Waals surface area contributed by atoms with E-state index in [1.807, 2.05) is 0 Å². The number of hydrogen-bond acceptors (Lipinski definition) is 3. The molecule has 1 aromatic rings. The molecule has 3 atom stereocenters. The summed E-state index contributed by atoms with van der Waals surface area (Å²) in [6.45, 7) is 2.80. The van der Waals surface area contributed by atoms with Gasteiger partial charge >= 0.3 is 0 Å². The summed E-state index contributed by atoms with van der Waals surface area (Å²) in [4.78, 5) is 0. The molecule has 0 bridgehead atoms. The maximum absolute atomic E-state index is 13.3. The van der Waals surface area contributed by atoms with Crippen molar-refractivity contribution in [2.75, 3.05) is 13.2 Å². The zero-order valence-electron chi connectivity index (χ0n) is 11.3. The van der Waals surface area contributed by atoms with Crippen LogP contribution in [0.25, 0.3) is 0 Å². The van der Waals surface area contributed by atoms with Gasteiger partial charge in [-0.2, -0.15) is 0 Å². The predicted molar refractivity (Wildman–Crippen MR) is 72.7 cm³/mol. The van der Waals surface area contributed by atoms with Crippen LogP contribution < -0.4 is 10.1 Å². The molecule has 3 nitrogen and oxygen atoms in total. The van der Waals surface area contributed by atoms with E-state index in [1.54, 1.807) is 18.2 Å². The van der Waals surface area contributed by atoms with E-state index in [0.717, 1.165) is 5.92 Å². The third-order valence-electron chi connectivity index (χ3n) is 3.47. The Morgan fingerprint density at radius 3 is 3.00 bits per heavy atom. The summed E-state index contributed by atoms with van der Waals surface area (Å²) in [7, 11) is 0. The van der Waals surface area contributed by atoms with Crippen molar-refractivity contribution in [3.8, 4) is 5.75 Å². The van der Waals surface area contributed by atoms with Gasteiger partial charge in [0.05, 0.1) is 0 Å². The van der Waals surface area contributed by atoms with Crippen LogP contribution in [-0.4, -0.2) is 30.4 Å². The summed E-state index contributed by atoms with van der Waals surface area (Å²) in [6.07, 6.45) is 3.05. The van der Waals surface area contributed by atoms with Crippen molar-refractivity contribution in [3.05, 3.63) is 30.1 Å². The largest absolute Gasteiger partial charge is 0.488 e. The Morgan fingerprint density at radius 2 is 2.26 bits per heavy atom. The topological polar surface area (TPSA) is 41.5 Å².